The van der Waals surface area contributed by atoms with Crippen LogP contribution in [-0.2, 0) is 9.53 Å². The van der Waals surface area contributed by atoms with Crippen molar-refractivity contribution in [1.29, 1.82) is 0 Å². The summed E-state index contributed by atoms with van der Waals surface area (Å²) in [6.07, 6.45) is 2.77. The minimum Gasteiger partial charge on any atom is -0.364 e. The minimum absolute atomic E-state index is 0. The van der Waals surface area contributed by atoms with Gasteiger partial charge in [0.2, 0.25) is 0 Å². The molecule has 1 amide bonds. The number of halogens is 1. The van der Waals surface area contributed by atoms with E-state index in [1.807, 2.05) is 4.90 Å². The summed E-state index contributed by atoms with van der Waals surface area (Å²) in [5.41, 5.74) is 5.52. The normalized spacial score (nSPS) is 33.9. The summed E-state index contributed by atoms with van der Waals surface area (Å²) in [4.78, 5) is 14.0. The van der Waals surface area contributed by atoms with Gasteiger partial charge in [-0.1, -0.05) is 6.92 Å². The topological polar surface area (TPSA) is 55.6 Å². The highest BCUT2D eigenvalue weighted by Gasteiger charge is 2.34. The predicted molar refractivity (Wildman–Crippen MR) is 64.6 cm³/mol. The number of hydrogen-bond acceptors (Lipinski definition) is 3. The number of carbonyl (C=O) groups excluding carboxylic acids is 1. The van der Waals surface area contributed by atoms with E-state index in [9.17, 15) is 4.79 Å². The van der Waals surface area contributed by atoms with Crippen molar-refractivity contribution >= 4 is 18.3 Å². The molecular weight excluding hydrogens is 228 g/mol. The molecule has 2 saturated heterocycles. The van der Waals surface area contributed by atoms with Crippen molar-refractivity contribution < 1.29 is 9.53 Å². The smallest absolute Gasteiger partial charge is 0.251 e. The molecule has 2 heterocycles. The molecule has 4 nitrogen and oxygen atoms in total. The number of hydrogen-bond donors (Lipinski definition) is 1. The average molecular weight is 249 g/mol. The van der Waals surface area contributed by atoms with Crippen LogP contribution in [0.4, 0.5) is 0 Å². The van der Waals surface area contributed by atoms with Crippen LogP contribution in [-0.4, -0.2) is 42.6 Å². The lowest BCUT2D eigenvalue weighted by Crippen LogP contribution is -2.38. The van der Waals surface area contributed by atoms with Crippen LogP contribution in [0.2, 0.25) is 0 Å². The van der Waals surface area contributed by atoms with Gasteiger partial charge in [-0.15, -0.1) is 12.4 Å². The molecule has 0 aromatic carbocycles. The summed E-state index contributed by atoms with van der Waals surface area (Å²) in [5.74, 6) is 0.816. The highest BCUT2D eigenvalue weighted by molar-refractivity contribution is 5.85. The van der Waals surface area contributed by atoms with Crippen LogP contribution in [0.5, 0.6) is 0 Å². The maximum absolute atomic E-state index is 12.0. The number of rotatable bonds is 2. The van der Waals surface area contributed by atoms with Crippen LogP contribution in [0, 0.1) is 5.92 Å². The fourth-order valence-electron chi connectivity index (χ4n) is 2.40. The Morgan fingerprint density at radius 3 is 2.69 bits per heavy atom. The molecular formula is C11H21ClN2O2. The molecule has 2 N–H and O–H groups in total. The Balaban J connectivity index is 0.00000128. The second-order valence-electron chi connectivity index (χ2n) is 4.74. The Morgan fingerprint density at radius 2 is 2.19 bits per heavy atom. The number of ether oxygens (including phenoxy) is 1. The molecule has 2 aliphatic rings. The summed E-state index contributed by atoms with van der Waals surface area (Å²) in [5, 5.41) is 0. The summed E-state index contributed by atoms with van der Waals surface area (Å²) >= 11 is 0. The van der Waals surface area contributed by atoms with Gasteiger partial charge in [-0.2, -0.15) is 0 Å². The lowest BCUT2D eigenvalue weighted by atomic mass is 10.1. The van der Waals surface area contributed by atoms with E-state index in [0.717, 1.165) is 32.4 Å². The molecule has 0 radical (unpaired) electrons. The van der Waals surface area contributed by atoms with Gasteiger partial charge in [0.05, 0.1) is 6.10 Å². The Labute approximate surface area is 103 Å². The number of carbonyl (C=O) groups is 1. The Morgan fingerprint density at radius 1 is 1.44 bits per heavy atom. The largest absolute Gasteiger partial charge is 0.364 e. The molecule has 1 unspecified atom stereocenters. The van der Waals surface area contributed by atoms with E-state index in [4.69, 9.17) is 10.5 Å². The Kier molecular flexibility index (Phi) is 5.02. The number of amides is 1. The predicted octanol–water partition coefficient (Wildman–Crippen LogP) is 0.783. The van der Waals surface area contributed by atoms with Crippen molar-refractivity contribution in [2.75, 3.05) is 19.6 Å². The molecule has 2 aliphatic heterocycles. The minimum atomic E-state index is -0.219. The summed E-state index contributed by atoms with van der Waals surface area (Å²) in [6, 6.07) is 0. The van der Waals surface area contributed by atoms with Gasteiger partial charge in [-0.05, 0) is 25.2 Å². The van der Waals surface area contributed by atoms with Crippen LogP contribution in [0.1, 0.15) is 26.2 Å². The highest BCUT2D eigenvalue weighted by Crippen LogP contribution is 2.23. The van der Waals surface area contributed by atoms with Gasteiger partial charge in [-0.25, -0.2) is 0 Å². The maximum atomic E-state index is 12.0. The zero-order chi connectivity index (χ0) is 10.8. The number of nitrogens with two attached hydrogens (primary N) is 1. The van der Waals surface area contributed by atoms with Gasteiger partial charge in [0.1, 0.15) is 6.10 Å². The standard InChI is InChI=1S/C11H20N2O2.ClH/c1-8-4-5-13(7-8)11(14)10-3-2-9(6-12)15-10;/h8-10H,2-7,12H2,1H3;1H/t8?,9-,10+;/m1./s1. The van der Waals surface area contributed by atoms with Gasteiger partial charge in [0, 0.05) is 19.6 Å². The van der Waals surface area contributed by atoms with Crippen molar-refractivity contribution in [3.8, 4) is 0 Å². The van der Waals surface area contributed by atoms with E-state index in [1.54, 1.807) is 0 Å². The second kappa shape index (κ2) is 5.84. The van der Waals surface area contributed by atoms with E-state index in [-0.39, 0.29) is 30.5 Å². The van der Waals surface area contributed by atoms with Crippen LogP contribution >= 0.6 is 12.4 Å². The van der Waals surface area contributed by atoms with Gasteiger partial charge >= 0.3 is 0 Å². The van der Waals surface area contributed by atoms with Crippen molar-refractivity contribution in [1.82, 2.24) is 4.90 Å². The lowest BCUT2D eigenvalue weighted by Gasteiger charge is -2.20. The third-order valence-electron chi connectivity index (χ3n) is 3.38. The summed E-state index contributed by atoms with van der Waals surface area (Å²) in [6.45, 7) is 4.50. The molecule has 2 rings (SSSR count). The number of likely N-dealkylation sites (tertiary alicyclic amines) is 1. The van der Waals surface area contributed by atoms with Crippen LogP contribution in [0.3, 0.4) is 0 Å². The monoisotopic (exact) mass is 248 g/mol. The van der Waals surface area contributed by atoms with Crippen LogP contribution in [0.15, 0.2) is 0 Å². The molecule has 0 aliphatic carbocycles. The molecule has 0 aromatic rings. The van der Waals surface area contributed by atoms with Crippen molar-refractivity contribution in [2.45, 2.75) is 38.4 Å². The Bertz CT molecular complexity index is 250. The molecule has 2 fully saturated rings. The fourth-order valence-corrected chi connectivity index (χ4v) is 2.40. The number of nitrogens with zero attached hydrogens (tertiary/aromatic N) is 1. The first-order valence-corrected chi connectivity index (χ1v) is 5.85. The first-order valence-electron chi connectivity index (χ1n) is 5.85. The van der Waals surface area contributed by atoms with E-state index in [0.29, 0.717) is 12.5 Å². The molecule has 5 heteroatoms. The third kappa shape index (κ3) is 2.87. The van der Waals surface area contributed by atoms with Gasteiger partial charge in [-0.3, -0.25) is 4.79 Å². The molecule has 3 atom stereocenters. The second-order valence-corrected chi connectivity index (χ2v) is 4.74. The van der Waals surface area contributed by atoms with Gasteiger partial charge in [0.25, 0.3) is 5.91 Å². The molecule has 0 spiro atoms. The Hall–Kier alpha value is -0.320. The average Bonchev–Trinajstić information content (AvgIpc) is 2.84. The summed E-state index contributed by atoms with van der Waals surface area (Å²) in [7, 11) is 0. The van der Waals surface area contributed by atoms with Crippen LogP contribution in [0.25, 0.3) is 0 Å². The molecule has 94 valence electrons. The zero-order valence-electron chi connectivity index (χ0n) is 9.72. The molecule has 16 heavy (non-hydrogen) atoms. The van der Waals surface area contributed by atoms with Crippen molar-refractivity contribution in [3.05, 3.63) is 0 Å². The molecule has 0 aromatic heterocycles. The zero-order valence-corrected chi connectivity index (χ0v) is 10.5. The van der Waals surface area contributed by atoms with E-state index in [2.05, 4.69) is 6.92 Å². The first-order chi connectivity index (χ1) is 7.20. The van der Waals surface area contributed by atoms with E-state index >= 15 is 0 Å². The maximum Gasteiger partial charge on any atom is 0.251 e. The quantitative estimate of drug-likeness (QED) is 0.786. The van der Waals surface area contributed by atoms with Crippen molar-refractivity contribution in [3.63, 3.8) is 0 Å². The van der Waals surface area contributed by atoms with E-state index in [1.165, 1.54) is 0 Å². The molecule has 0 bridgehead atoms. The lowest BCUT2D eigenvalue weighted by molar-refractivity contribution is -0.141. The summed E-state index contributed by atoms with van der Waals surface area (Å²) < 4.78 is 5.60. The van der Waals surface area contributed by atoms with Crippen LogP contribution < -0.4 is 5.73 Å². The third-order valence-corrected chi connectivity index (χ3v) is 3.38. The van der Waals surface area contributed by atoms with Gasteiger partial charge < -0.3 is 15.4 Å². The fraction of sp³-hybridized carbons (Fsp3) is 0.909. The van der Waals surface area contributed by atoms with Crippen molar-refractivity contribution in [2.24, 2.45) is 11.7 Å². The van der Waals surface area contributed by atoms with E-state index < -0.39 is 0 Å². The molecule has 0 saturated carbocycles. The highest BCUT2D eigenvalue weighted by atomic mass is 35.5. The first kappa shape index (κ1) is 13.7. The SMILES string of the molecule is CC1CCN(C(=O)[C@@H]2CC[C@H](CN)O2)C1.Cl. The van der Waals surface area contributed by atoms with Gasteiger partial charge in [0.15, 0.2) is 0 Å².